The summed E-state index contributed by atoms with van der Waals surface area (Å²) < 4.78 is 0. The van der Waals surface area contributed by atoms with Gasteiger partial charge < -0.3 is 0 Å². The maximum absolute atomic E-state index is 4.45. The highest BCUT2D eigenvalue weighted by Gasteiger charge is 2.14. The summed E-state index contributed by atoms with van der Waals surface area (Å²) in [4.78, 5) is 0. The number of rotatable bonds is 1. The molecule has 1 aliphatic heterocycles. The van der Waals surface area contributed by atoms with E-state index in [0.717, 1.165) is 28.8 Å². The molecule has 0 bridgehead atoms. The summed E-state index contributed by atoms with van der Waals surface area (Å²) in [7, 11) is 0. The predicted octanol–water partition coefficient (Wildman–Crippen LogP) is 2.98. The Labute approximate surface area is 116 Å². The van der Waals surface area contributed by atoms with E-state index >= 15 is 0 Å². The highest BCUT2D eigenvalue weighted by atomic mass is 15.5. The molecule has 4 heteroatoms. The van der Waals surface area contributed by atoms with Crippen LogP contribution in [0.2, 0.25) is 0 Å². The van der Waals surface area contributed by atoms with E-state index in [1.807, 2.05) is 53.7 Å². The van der Waals surface area contributed by atoms with Crippen LogP contribution in [0.25, 0.3) is 10.9 Å². The van der Waals surface area contributed by atoms with Crippen LogP contribution in [0.1, 0.15) is 11.1 Å². The highest BCUT2D eigenvalue weighted by Crippen LogP contribution is 2.22. The molecule has 4 rings (SSSR count). The van der Waals surface area contributed by atoms with Crippen molar-refractivity contribution in [2.45, 2.75) is 6.54 Å². The van der Waals surface area contributed by atoms with E-state index in [2.05, 4.69) is 27.4 Å². The summed E-state index contributed by atoms with van der Waals surface area (Å²) in [6, 6.07) is 18.2. The molecular weight excluding hydrogens is 248 g/mol. The average Bonchev–Trinajstić information content (AvgIpc) is 2.54. The lowest BCUT2D eigenvalue weighted by molar-refractivity contribution is 0.810. The van der Waals surface area contributed by atoms with Crippen molar-refractivity contribution in [2.75, 3.05) is 5.01 Å². The second kappa shape index (κ2) is 4.42. The molecule has 0 saturated heterocycles. The Hall–Kier alpha value is -2.75. The van der Waals surface area contributed by atoms with Gasteiger partial charge in [-0.25, -0.2) is 5.01 Å². The van der Waals surface area contributed by atoms with Crippen LogP contribution in [0.4, 0.5) is 5.82 Å². The van der Waals surface area contributed by atoms with E-state index in [9.17, 15) is 0 Å². The van der Waals surface area contributed by atoms with E-state index < -0.39 is 0 Å². The molecule has 0 atom stereocenters. The smallest absolute Gasteiger partial charge is 0.172 e. The minimum atomic E-state index is 0.722. The van der Waals surface area contributed by atoms with Gasteiger partial charge in [0.05, 0.1) is 18.3 Å². The molecule has 0 fully saturated rings. The molecule has 4 nitrogen and oxygen atoms in total. The molecule has 0 N–H and O–H groups in total. The summed E-state index contributed by atoms with van der Waals surface area (Å²) in [6.07, 6.45) is 1.87. The van der Waals surface area contributed by atoms with E-state index in [0.29, 0.717) is 0 Å². The molecule has 1 aromatic heterocycles. The monoisotopic (exact) mass is 260 g/mol. The molecule has 0 aliphatic carbocycles. The maximum Gasteiger partial charge on any atom is 0.172 e. The number of hydrogen-bond donors (Lipinski definition) is 0. The number of benzene rings is 2. The van der Waals surface area contributed by atoms with Crippen molar-refractivity contribution in [2.24, 2.45) is 5.10 Å². The summed E-state index contributed by atoms with van der Waals surface area (Å²) in [5, 5.41) is 15.9. The molecule has 0 radical (unpaired) electrons. The molecule has 2 heterocycles. The molecule has 1 aliphatic rings. The van der Waals surface area contributed by atoms with Crippen LogP contribution in [0.3, 0.4) is 0 Å². The largest absolute Gasteiger partial charge is 0.242 e. The van der Waals surface area contributed by atoms with Gasteiger partial charge in [0, 0.05) is 5.39 Å². The number of nitrogens with zero attached hydrogens (tertiary/aromatic N) is 4. The second-order valence-electron chi connectivity index (χ2n) is 4.76. The third kappa shape index (κ3) is 1.82. The lowest BCUT2D eigenvalue weighted by Crippen LogP contribution is -2.22. The lowest BCUT2D eigenvalue weighted by atomic mass is 10.1. The Balaban J connectivity index is 1.74. The van der Waals surface area contributed by atoms with Gasteiger partial charge in [-0.15, -0.1) is 10.2 Å². The third-order valence-electron chi connectivity index (χ3n) is 3.46. The van der Waals surface area contributed by atoms with Gasteiger partial charge in [-0.05, 0) is 23.3 Å². The lowest BCUT2D eigenvalue weighted by Gasteiger charge is -2.22. The number of hydrazone groups is 1. The Morgan fingerprint density at radius 3 is 2.75 bits per heavy atom. The average molecular weight is 260 g/mol. The van der Waals surface area contributed by atoms with Crippen molar-refractivity contribution < 1.29 is 0 Å². The van der Waals surface area contributed by atoms with Crippen LogP contribution in [0.5, 0.6) is 0 Å². The standard InChI is InChI=1S/C16H12N4/c1-2-7-14-11-20(17-10-13(14)6-1)16-9-12-5-3-4-8-15(12)18-19-16/h1-10H,11H2. The van der Waals surface area contributed by atoms with Gasteiger partial charge in [0.2, 0.25) is 0 Å². The zero-order valence-corrected chi connectivity index (χ0v) is 10.8. The van der Waals surface area contributed by atoms with Crippen LogP contribution in [-0.2, 0) is 6.54 Å². The van der Waals surface area contributed by atoms with Crippen molar-refractivity contribution in [1.82, 2.24) is 10.2 Å². The van der Waals surface area contributed by atoms with Crippen molar-refractivity contribution in [3.8, 4) is 0 Å². The van der Waals surface area contributed by atoms with Crippen molar-refractivity contribution in [3.63, 3.8) is 0 Å². The Bertz CT molecular complexity index is 810. The fourth-order valence-electron chi connectivity index (χ4n) is 2.38. The second-order valence-corrected chi connectivity index (χ2v) is 4.76. The summed E-state index contributed by atoms with van der Waals surface area (Å²) in [5.74, 6) is 0.773. The van der Waals surface area contributed by atoms with E-state index in [4.69, 9.17) is 0 Å². The highest BCUT2D eigenvalue weighted by molar-refractivity contribution is 5.85. The van der Waals surface area contributed by atoms with Crippen molar-refractivity contribution in [3.05, 3.63) is 65.7 Å². The van der Waals surface area contributed by atoms with Gasteiger partial charge in [-0.2, -0.15) is 5.10 Å². The van der Waals surface area contributed by atoms with Gasteiger partial charge in [-0.3, -0.25) is 0 Å². The summed E-state index contributed by atoms with van der Waals surface area (Å²) in [6.45, 7) is 0.722. The Morgan fingerprint density at radius 2 is 1.75 bits per heavy atom. The van der Waals surface area contributed by atoms with E-state index in [-0.39, 0.29) is 0 Å². The first-order valence-electron chi connectivity index (χ1n) is 6.52. The number of fused-ring (bicyclic) bond motifs is 2. The molecule has 0 amide bonds. The van der Waals surface area contributed by atoms with Crippen LogP contribution in [0, 0.1) is 0 Å². The summed E-state index contributed by atoms with van der Waals surface area (Å²) >= 11 is 0. The van der Waals surface area contributed by atoms with Gasteiger partial charge in [-0.1, -0.05) is 42.5 Å². The van der Waals surface area contributed by atoms with Gasteiger partial charge in [0.1, 0.15) is 0 Å². The SMILES string of the molecule is C1=NN(c2cc3ccccc3nn2)Cc2ccccc21. The molecular formula is C16H12N4. The molecule has 0 saturated carbocycles. The zero-order chi connectivity index (χ0) is 13.4. The minimum Gasteiger partial charge on any atom is -0.242 e. The first kappa shape index (κ1) is 11.1. The van der Waals surface area contributed by atoms with E-state index in [1.165, 1.54) is 5.56 Å². The fourth-order valence-corrected chi connectivity index (χ4v) is 2.38. The Morgan fingerprint density at radius 1 is 0.900 bits per heavy atom. The molecule has 2 aromatic carbocycles. The van der Waals surface area contributed by atoms with Crippen molar-refractivity contribution in [1.29, 1.82) is 0 Å². The molecule has 96 valence electrons. The van der Waals surface area contributed by atoms with Crippen LogP contribution in [0.15, 0.2) is 59.7 Å². The van der Waals surface area contributed by atoms with Gasteiger partial charge in [0.15, 0.2) is 5.82 Å². The van der Waals surface area contributed by atoms with Crippen LogP contribution < -0.4 is 5.01 Å². The first-order valence-corrected chi connectivity index (χ1v) is 6.52. The molecule has 20 heavy (non-hydrogen) atoms. The normalized spacial score (nSPS) is 13.5. The van der Waals surface area contributed by atoms with Gasteiger partial charge >= 0.3 is 0 Å². The minimum absolute atomic E-state index is 0.722. The number of hydrogen-bond acceptors (Lipinski definition) is 4. The fraction of sp³-hybridized carbons (Fsp3) is 0.0625. The maximum atomic E-state index is 4.45. The molecule has 3 aromatic rings. The van der Waals surface area contributed by atoms with Crippen LogP contribution >= 0.6 is 0 Å². The summed E-state index contributed by atoms with van der Waals surface area (Å²) in [5.41, 5.74) is 3.31. The third-order valence-corrected chi connectivity index (χ3v) is 3.46. The van der Waals surface area contributed by atoms with Crippen LogP contribution in [-0.4, -0.2) is 16.4 Å². The van der Waals surface area contributed by atoms with Crippen molar-refractivity contribution >= 4 is 22.9 Å². The quantitative estimate of drug-likeness (QED) is 0.675. The number of aromatic nitrogens is 2. The molecule has 0 spiro atoms. The zero-order valence-electron chi connectivity index (χ0n) is 10.8. The first-order chi connectivity index (χ1) is 9.90. The number of anilines is 1. The predicted molar refractivity (Wildman–Crippen MR) is 79.8 cm³/mol. The Kier molecular flexibility index (Phi) is 2.45. The topological polar surface area (TPSA) is 41.4 Å². The van der Waals surface area contributed by atoms with Gasteiger partial charge in [0.25, 0.3) is 0 Å². The molecule has 0 unspecified atom stereocenters. The van der Waals surface area contributed by atoms with E-state index in [1.54, 1.807) is 0 Å².